The summed E-state index contributed by atoms with van der Waals surface area (Å²) in [6.45, 7) is 9.95. The van der Waals surface area contributed by atoms with Crippen molar-refractivity contribution in [3.63, 3.8) is 0 Å². The molecule has 1 aliphatic carbocycles. The molecule has 1 heterocycles. The zero-order valence-electron chi connectivity index (χ0n) is 16.0. The van der Waals surface area contributed by atoms with Crippen molar-refractivity contribution < 1.29 is 0 Å². The van der Waals surface area contributed by atoms with E-state index < -0.39 is 0 Å². The lowest BCUT2D eigenvalue weighted by Crippen LogP contribution is -2.36. The summed E-state index contributed by atoms with van der Waals surface area (Å²) in [5.41, 5.74) is 6.18. The van der Waals surface area contributed by atoms with Crippen LogP contribution in [0.3, 0.4) is 0 Å². The maximum Gasteiger partial charge on any atom is 0.256 e. The van der Waals surface area contributed by atoms with E-state index in [2.05, 4.69) is 61.8 Å². The third-order valence-electron chi connectivity index (χ3n) is 5.61. The topological polar surface area (TPSA) is 36.1 Å². The van der Waals surface area contributed by atoms with Gasteiger partial charge in [-0.25, -0.2) is 0 Å². The van der Waals surface area contributed by atoms with Gasteiger partial charge in [0.25, 0.3) is 5.56 Å². The van der Waals surface area contributed by atoms with Gasteiger partial charge in [-0.2, -0.15) is 0 Å². The van der Waals surface area contributed by atoms with Gasteiger partial charge in [0.2, 0.25) is 0 Å². The minimum Gasteiger partial charge on any atom is -0.321 e. The van der Waals surface area contributed by atoms with Gasteiger partial charge >= 0.3 is 0 Å². The van der Waals surface area contributed by atoms with Gasteiger partial charge in [-0.05, 0) is 55.8 Å². The number of nitrogens with zero attached hydrogens (tertiary/aromatic N) is 1. The van der Waals surface area contributed by atoms with E-state index in [4.69, 9.17) is 0 Å². The molecule has 3 heteroatoms. The molecule has 0 amide bonds. The Kier molecular flexibility index (Phi) is 4.20. The Balaban J connectivity index is 1.84. The molecule has 0 saturated carbocycles. The lowest BCUT2D eigenvalue weighted by Gasteiger charge is -2.31. The molecule has 0 fully saturated rings. The molecular weight excluding hydrogens is 320 g/mol. The van der Waals surface area contributed by atoms with E-state index in [0.29, 0.717) is 12.1 Å². The van der Waals surface area contributed by atoms with Crippen LogP contribution in [-0.2, 0) is 13.0 Å². The number of aromatic amines is 1. The number of hydrogen-bond donors (Lipinski definition) is 1. The Morgan fingerprint density at radius 2 is 1.62 bits per heavy atom. The summed E-state index contributed by atoms with van der Waals surface area (Å²) < 4.78 is 0. The van der Waals surface area contributed by atoms with Crippen LogP contribution in [0.1, 0.15) is 44.4 Å². The van der Waals surface area contributed by atoms with Crippen LogP contribution in [-0.4, -0.2) is 22.0 Å². The van der Waals surface area contributed by atoms with Gasteiger partial charge in [0.1, 0.15) is 0 Å². The highest BCUT2D eigenvalue weighted by Crippen LogP contribution is 2.39. The van der Waals surface area contributed by atoms with Crippen LogP contribution in [0.25, 0.3) is 22.0 Å². The van der Waals surface area contributed by atoms with Gasteiger partial charge < -0.3 is 4.98 Å². The van der Waals surface area contributed by atoms with Gasteiger partial charge in [-0.3, -0.25) is 9.69 Å². The molecule has 0 radical (unpaired) electrons. The molecule has 0 unspecified atom stereocenters. The lowest BCUT2D eigenvalue weighted by molar-refractivity contribution is 0.165. The van der Waals surface area contributed by atoms with Crippen molar-refractivity contribution >= 4 is 10.8 Å². The average molecular weight is 346 g/mol. The van der Waals surface area contributed by atoms with Gasteiger partial charge in [0.05, 0.1) is 5.69 Å². The van der Waals surface area contributed by atoms with E-state index in [1.165, 1.54) is 22.3 Å². The first-order chi connectivity index (χ1) is 12.5. The summed E-state index contributed by atoms with van der Waals surface area (Å²) >= 11 is 0. The number of H-pyrrole nitrogens is 1. The summed E-state index contributed by atoms with van der Waals surface area (Å²) in [5, 5.41) is 1.87. The van der Waals surface area contributed by atoms with E-state index in [1.54, 1.807) is 0 Å². The zero-order valence-corrected chi connectivity index (χ0v) is 16.0. The van der Waals surface area contributed by atoms with Crippen molar-refractivity contribution in [3.05, 3.63) is 69.5 Å². The van der Waals surface area contributed by atoms with Crippen LogP contribution in [0.5, 0.6) is 0 Å². The molecule has 0 bridgehead atoms. The first kappa shape index (κ1) is 17.0. The molecule has 1 aliphatic rings. The molecular formula is C23H26N2O. The summed E-state index contributed by atoms with van der Waals surface area (Å²) in [4.78, 5) is 18.2. The highest BCUT2D eigenvalue weighted by Gasteiger charge is 2.25. The molecule has 1 aromatic heterocycles. The van der Waals surface area contributed by atoms with Gasteiger partial charge in [-0.1, -0.05) is 36.4 Å². The van der Waals surface area contributed by atoms with Crippen LogP contribution < -0.4 is 5.56 Å². The summed E-state index contributed by atoms with van der Waals surface area (Å²) in [7, 11) is 0. The Bertz CT molecular complexity index is 1020. The lowest BCUT2D eigenvalue weighted by atomic mass is 10.0. The van der Waals surface area contributed by atoms with Crippen LogP contribution in [0.2, 0.25) is 0 Å². The molecule has 0 saturated heterocycles. The predicted octanol–water partition coefficient (Wildman–Crippen LogP) is 4.72. The molecule has 2 aromatic carbocycles. The maximum atomic E-state index is 12.5. The molecule has 4 rings (SSSR count). The smallest absolute Gasteiger partial charge is 0.256 e. The first-order valence-electron chi connectivity index (χ1n) is 9.48. The molecule has 0 aliphatic heterocycles. The second-order valence-corrected chi connectivity index (χ2v) is 7.83. The fraction of sp³-hybridized carbons (Fsp3) is 0.348. The molecule has 26 heavy (non-hydrogen) atoms. The summed E-state index contributed by atoms with van der Waals surface area (Å²) in [5.74, 6) is 0. The fourth-order valence-electron chi connectivity index (χ4n) is 4.31. The minimum absolute atomic E-state index is 0.00332. The van der Waals surface area contributed by atoms with E-state index in [0.717, 1.165) is 29.4 Å². The van der Waals surface area contributed by atoms with Crippen LogP contribution in [0.15, 0.2) is 47.3 Å². The number of rotatable bonds is 4. The Morgan fingerprint density at radius 3 is 2.31 bits per heavy atom. The molecule has 134 valence electrons. The van der Waals surface area contributed by atoms with Crippen molar-refractivity contribution in [1.29, 1.82) is 0 Å². The van der Waals surface area contributed by atoms with Crippen molar-refractivity contribution in [2.24, 2.45) is 0 Å². The first-order valence-corrected chi connectivity index (χ1v) is 9.48. The zero-order chi connectivity index (χ0) is 18.4. The van der Waals surface area contributed by atoms with Gasteiger partial charge in [0.15, 0.2) is 0 Å². The summed E-state index contributed by atoms with van der Waals surface area (Å²) in [6.07, 6.45) is 0.891. The predicted molar refractivity (Wildman–Crippen MR) is 109 cm³/mol. The van der Waals surface area contributed by atoms with E-state index >= 15 is 0 Å². The number of pyridine rings is 1. The Hall–Kier alpha value is -2.39. The minimum atomic E-state index is 0.00332. The molecule has 3 nitrogen and oxygen atoms in total. The average Bonchev–Trinajstić information content (AvgIpc) is 2.99. The van der Waals surface area contributed by atoms with Crippen LogP contribution in [0.4, 0.5) is 0 Å². The number of fused-ring (bicyclic) bond motifs is 5. The maximum absolute atomic E-state index is 12.5. The van der Waals surface area contributed by atoms with Gasteiger partial charge in [-0.15, -0.1) is 0 Å². The monoisotopic (exact) mass is 346 g/mol. The van der Waals surface area contributed by atoms with Crippen molar-refractivity contribution in [2.75, 3.05) is 0 Å². The fourth-order valence-corrected chi connectivity index (χ4v) is 4.31. The third-order valence-corrected chi connectivity index (χ3v) is 5.61. The highest BCUT2D eigenvalue weighted by atomic mass is 16.1. The van der Waals surface area contributed by atoms with E-state index in [-0.39, 0.29) is 5.56 Å². The molecule has 0 atom stereocenters. The summed E-state index contributed by atoms with van der Waals surface area (Å²) in [6, 6.07) is 15.4. The second kappa shape index (κ2) is 6.40. The largest absolute Gasteiger partial charge is 0.321 e. The molecule has 0 spiro atoms. The molecule has 1 N–H and O–H groups in total. The van der Waals surface area contributed by atoms with Crippen LogP contribution >= 0.6 is 0 Å². The van der Waals surface area contributed by atoms with Gasteiger partial charge in [0, 0.05) is 36.0 Å². The quantitative estimate of drug-likeness (QED) is 0.580. The van der Waals surface area contributed by atoms with E-state index in [9.17, 15) is 4.79 Å². The number of benzene rings is 2. The van der Waals surface area contributed by atoms with E-state index in [1.807, 2.05) is 18.2 Å². The number of nitrogens with one attached hydrogen (secondary N) is 1. The second-order valence-electron chi connectivity index (χ2n) is 7.83. The standard InChI is InChI=1S/C23H26N2O/c1-14(2)25(15(3)4)13-16-8-7-11-18-20(16)12-21-17-9-5-6-10-19(17)23(26)24-22(18)21/h5-11,14-15H,12-13H2,1-4H3,(H,24,26). The van der Waals surface area contributed by atoms with Crippen molar-refractivity contribution in [3.8, 4) is 11.3 Å². The van der Waals surface area contributed by atoms with Crippen LogP contribution in [0, 0.1) is 0 Å². The number of aromatic nitrogens is 1. The Labute approximate surface area is 154 Å². The van der Waals surface area contributed by atoms with Crippen molar-refractivity contribution in [1.82, 2.24) is 9.88 Å². The Morgan fingerprint density at radius 1 is 0.923 bits per heavy atom. The molecule has 3 aromatic rings. The highest BCUT2D eigenvalue weighted by molar-refractivity contribution is 5.93. The number of hydrogen-bond acceptors (Lipinski definition) is 2. The normalized spacial score (nSPS) is 13.0. The third kappa shape index (κ3) is 2.67. The van der Waals surface area contributed by atoms with Crippen molar-refractivity contribution in [2.45, 2.75) is 52.7 Å². The SMILES string of the molecule is CC(C)N(Cc1cccc2c1Cc1c-2[nH]c(=O)c2ccccc12)C(C)C.